The van der Waals surface area contributed by atoms with E-state index >= 15 is 0 Å². The second-order valence-corrected chi connectivity index (χ2v) is 4.58. The highest BCUT2D eigenvalue weighted by Gasteiger charge is 2.09. The number of carbonyl (C=O) groups is 1. The fourth-order valence-corrected chi connectivity index (χ4v) is 1.85. The Labute approximate surface area is 134 Å². The molecule has 0 fully saturated rings. The first-order chi connectivity index (χ1) is 11.2. The highest BCUT2D eigenvalue weighted by atomic mass is 16.5. The van der Waals surface area contributed by atoms with E-state index in [2.05, 4.69) is 27.2 Å². The van der Waals surface area contributed by atoms with Gasteiger partial charge in [0.15, 0.2) is 11.6 Å². The molecular weight excluding hydrogens is 294 g/mol. The maximum Gasteiger partial charge on any atom is 0.338 e. The molecular formula is C16H19N5O2. The van der Waals surface area contributed by atoms with Crippen LogP contribution in [0.3, 0.4) is 0 Å². The van der Waals surface area contributed by atoms with Gasteiger partial charge in [0, 0.05) is 12.2 Å². The van der Waals surface area contributed by atoms with Gasteiger partial charge in [-0.15, -0.1) is 6.58 Å². The molecule has 0 amide bonds. The Morgan fingerprint density at radius 2 is 2.00 bits per heavy atom. The molecule has 2 aromatic rings. The number of benzene rings is 1. The first-order valence-corrected chi connectivity index (χ1v) is 7.15. The zero-order valence-electron chi connectivity index (χ0n) is 12.9. The van der Waals surface area contributed by atoms with Gasteiger partial charge in [-0.05, 0) is 31.2 Å². The molecule has 0 spiro atoms. The Hall–Kier alpha value is -3.09. The largest absolute Gasteiger partial charge is 0.462 e. The number of hydrogen-bond donors (Lipinski definition) is 3. The first-order valence-electron chi connectivity index (χ1n) is 7.15. The number of carbonyl (C=O) groups excluding carboxylic acids is 1. The summed E-state index contributed by atoms with van der Waals surface area (Å²) in [5.41, 5.74) is 7.67. The highest BCUT2D eigenvalue weighted by molar-refractivity contribution is 5.90. The van der Waals surface area contributed by atoms with Gasteiger partial charge < -0.3 is 21.1 Å². The van der Waals surface area contributed by atoms with E-state index in [1.165, 1.54) is 6.33 Å². The molecule has 1 aromatic carbocycles. The molecule has 7 heteroatoms. The van der Waals surface area contributed by atoms with Gasteiger partial charge >= 0.3 is 5.97 Å². The molecule has 0 bridgehead atoms. The van der Waals surface area contributed by atoms with Crippen LogP contribution in [-0.2, 0) is 4.74 Å². The number of nitrogen functional groups attached to an aromatic ring is 1. The number of nitrogens with two attached hydrogens (primary N) is 1. The van der Waals surface area contributed by atoms with Crippen LogP contribution in [0.25, 0.3) is 0 Å². The summed E-state index contributed by atoms with van der Waals surface area (Å²) in [5.74, 6) is 0.664. The SMILES string of the molecule is C=CCNc1ncnc(Nc2ccc(C(=O)OCC)cc2)c1N. The van der Waals surface area contributed by atoms with E-state index in [9.17, 15) is 4.79 Å². The van der Waals surface area contributed by atoms with E-state index < -0.39 is 0 Å². The number of hydrogen-bond acceptors (Lipinski definition) is 7. The Kier molecular flexibility index (Phi) is 5.51. The Bertz CT molecular complexity index is 685. The average molecular weight is 313 g/mol. The van der Waals surface area contributed by atoms with Crippen molar-refractivity contribution in [2.24, 2.45) is 0 Å². The van der Waals surface area contributed by atoms with Gasteiger partial charge in [-0.2, -0.15) is 0 Å². The lowest BCUT2D eigenvalue weighted by molar-refractivity contribution is 0.0526. The van der Waals surface area contributed by atoms with Crippen molar-refractivity contribution in [2.45, 2.75) is 6.92 Å². The molecule has 0 unspecified atom stereocenters. The summed E-state index contributed by atoms with van der Waals surface area (Å²) in [6.45, 7) is 6.29. The maximum absolute atomic E-state index is 11.6. The number of ether oxygens (including phenoxy) is 1. The zero-order chi connectivity index (χ0) is 16.7. The average Bonchev–Trinajstić information content (AvgIpc) is 2.56. The van der Waals surface area contributed by atoms with Gasteiger partial charge in [0.1, 0.15) is 12.0 Å². The van der Waals surface area contributed by atoms with Crippen LogP contribution in [0.15, 0.2) is 43.2 Å². The summed E-state index contributed by atoms with van der Waals surface area (Å²) in [5, 5.41) is 6.12. The molecule has 120 valence electrons. The molecule has 1 heterocycles. The molecule has 0 radical (unpaired) electrons. The molecule has 23 heavy (non-hydrogen) atoms. The minimum Gasteiger partial charge on any atom is -0.462 e. The summed E-state index contributed by atoms with van der Waals surface area (Å²) >= 11 is 0. The lowest BCUT2D eigenvalue weighted by atomic mass is 10.2. The summed E-state index contributed by atoms with van der Waals surface area (Å²) in [6, 6.07) is 6.86. The Balaban J connectivity index is 2.13. The molecule has 0 aliphatic carbocycles. The summed E-state index contributed by atoms with van der Waals surface area (Å²) in [6.07, 6.45) is 3.12. The molecule has 1 aromatic heterocycles. The first kappa shape index (κ1) is 16.3. The third-order valence-electron chi connectivity index (χ3n) is 2.96. The van der Waals surface area contributed by atoms with Crippen molar-refractivity contribution in [1.82, 2.24) is 9.97 Å². The van der Waals surface area contributed by atoms with Crippen molar-refractivity contribution in [1.29, 1.82) is 0 Å². The highest BCUT2D eigenvalue weighted by Crippen LogP contribution is 2.25. The number of rotatable bonds is 7. The summed E-state index contributed by atoms with van der Waals surface area (Å²) in [7, 11) is 0. The second kappa shape index (κ2) is 7.79. The van der Waals surface area contributed by atoms with Gasteiger partial charge in [-0.3, -0.25) is 0 Å². The number of esters is 1. The monoisotopic (exact) mass is 313 g/mol. The third kappa shape index (κ3) is 4.19. The van der Waals surface area contributed by atoms with Gasteiger partial charge in [0.05, 0.1) is 12.2 Å². The van der Waals surface area contributed by atoms with E-state index in [1.54, 1.807) is 37.3 Å². The van der Waals surface area contributed by atoms with Crippen molar-refractivity contribution < 1.29 is 9.53 Å². The molecule has 4 N–H and O–H groups in total. The molecule has 7 nitrogen and oxygen atoms in total. The van der Waals surface area contributed by atoms with Crippen LogP contribution in [0.1, 0.15) is 17.3 Å². The minimum atomic E-state index is -0.350. The maximum atomic E-state index is 11.6. The topological polar surface area (TPSA) is 102 Å². The second-order valence-electron chi connectivity index (χ2n) is 4.58. The van der Waals surface area contributed by atoms with Gasteiger partial charge in [0.25, 0.3) is 0 Å². The number of anilines is 4. The van der Waals surface area contributed by atoms with Crippen molar-refractivity contribution in [2.75, 3.05) is 29.5 Å². The van der Waals surface area contributed by atoms with Gasteiger partial charge in [0.2, 0.25) is 0 Å². The van der Waals surface area contributed by atoms with Crippen LogP contribution >= 0.6 is 0 Å². The zero-order valence-corrected chi connectivity index (χ0v) is 12.9. The van der Waals surface area contributed by atoms with E-state index in [0.717, 1.165) is 5.69 Å². The molecule has 2 rings (SSSR count). The van der Waals surface area contributed by atoms with Crippen molar-refractivity contribution in [3.63, 3.8) is 0 Å². The van der Waals surface area contributed by atoms with Crippen LogP contribution in [0.2, 0.25) is 0 Å². The molecule has 0 atom stereocenters. The predicted octanol–water partition coefficient (Wildman–Crippen LogP) is 2.58. The fraction of sp³-hybridized carbons (Fsp3) is 0.188. The Morgan fingerprint density at radius 3 is 2.65 bits per heavy atom. The van der Waals surface area contributed by atoms with Crippen LogP contribution in [0, 0.1) is 0 Å². The van der Waals surface area contributed by atoms with E-state index in [-0.39, 0.29) is 5.97 Å². The fourth-order valence-electron chi connectivity index (χ4n) is 1.85. The number of aromatic nitrogens is 2. The third-order valence-corrected chi connectivity index (χ3v) is 2.96. The van der Waals surface area contributed by atoms with Crippen molar-refractivity contribution >= 4 is 29.0 Å². The Morgan fingerprint density at radius 1 is 1.30 bits per heavy atom. The van der Waals surface area contributed by atoms with E-state index in [1.807, 2.05) is 0 Å². The number of nitrogens with zero attached hydrogens (tertiary/aromatic N) is 2. The molecule has 0 aliphatic heterocycles. The van der Waals surface area contributed by atoms with Crippen LogP contribution in [0.5, 0.6) is 0 Å². The lowest BCUT2D eigenvalue weighted by Crippen LogP contribution is -2.08. The summed E-state index contributed by atoms with van der Waals surface area (Å²) in [4.78, 5) is 19.8. The standard InChI is InChI=1S/C16H19N5O2/c1-3-9-18-14-13(17)15(20-10-19-14)21-12-7-5-11(6-8-12)16(22)23-4-2/h3,5-8,10H,1,4,9,17H2,2H3,(H2,18,19,20,21). The van der Waals surface area contributed by atoms with Crippen LogP contribution in [-0.4, -0.2) is 29.1 Å². The van der Waals surface area contributed by atoms with Crippen LogP contribution in [0.4, 0.5) is 23.0 Å². The number of nitrogens with one attached hydrogen (secondary N) is 2. The van der Waals surface area contributed by atoms with Crippen LogP contribution < -0.4 is 16.4 Å². The van der Waals surface area contributed by atoms with Gasteiger partial charge in [-0.25, -0.2) is 14.8 Å². The van der Waals surface area contributed by atoms with Gasteiger partial charge in [-0.1, -0.05) is 6.08 Å². The lowest BCUT2D eigenvalue weighted by Gasteiger charge is -2.12. The van der Waals surface area contributed by atoms with Crippen molar-refractivity contribution in [3.05, 3.63) is 48.8 Å². The molecule has 0 saturated heterocycles. The van der Waals surface area contributed by atoms with Crippen molar-refractivity contribution in [3.8, 4) is 0 Å². The normalized spacial score (nSPS) is 9.96. The summed E-state index contributed by atoms with van der Waals surface area (Å²) < 4.78 is 4.94. The van der Waals surface area contributed by atoms with E-state index in [0.29, 0.717) is 36.0 Å². The quantitative estimate of drug-likeness (QED) is 0.533. The smallest absolute Gasteiger partial charge is 0.338 e. The predicted molar refractivity (Wildman–Crippen MR) is 90.8 cm³/mol. The molecule has 0 aliphatic rings. The minimum absolute atomic E-state index is 0.344. The van der Waals surface area contributed by atoms with E-state index in [4.69, 9.17) is 10.5 Å². The molecule has 0 saturated carbocycles.